The Balaban J connectivity index is 1.61. The van der Waals surface area contributed by atoms with Crippen LogP contribution in [-0.2, 0) is 6.54 Å². The Hall–Kier alpha value is -2.76. The van der Waals surface area contributed by atoms with E-state index in [-0.39, 0.29) is 11.6 Å². The molecule has 2 atom stereocenters. The number of quaternary nitrogens is 1. The average Bonchev–Trinajstić information content (AvgIpc) is 3.28. The van der Waals surface area contributed by atoms with Gasteiger partial charge in [0.2, 0.25) is 0 Å². The third kappa shape index (κ3) is 4.23. The van der Waals surface area contributed by atoms with Crippen molar-refractivity contribution in [3.63, 3.8) is 0 Å². The maximum atomic E-state index is 12.6. The first-order chi connectivity index (χ1) is 14.6. The Bertz CT molecular complexity index is 1180. The second-order valence-corrected chi connectivity index (χ2v) is 8.83. The SMILES string of the molecule is CC[C@H](C)c1ccc([C@@H]([NH2+]Cc2cc(=O)n3c(C)cccc3n2)c2cccs2)cc1. The Kier molecular flexibility index (Phi) is 6.11. The van der Waals surface area contributed by atoms with Gasteiger partial charge in [-0.1, -0.05) is 50.2 Å². The van der Waals surface area contributed by atoms with Crippen LogP contribution in [0.3, 0.4) is 0 Å². The molecule has 0 unspecified atom stereocenters. The fraction of sp³-hybridized carbons (Fsp3) is 0.280. The van der Waals surface area contributed by atoms with Crippen LogP contribution < -0.4 is 10.9 Å². The van der Waals surface area contributed by atoms with Crippen molar-refractivity contribution in [1.29, 1.82) is 0 Å². The van der Waals surface area contributed by atoms with Gasteiger partial charge >= 0.3 is 0 Å². The molecule has 0 saturated carbocycles. The van der Waals surface area contributed by atoms with Crippen molar-refractivity contribution in [2.24, 2.45) is 0 Å². The van der Waals surface area contributed by atoms with E-state index in [9.17, 15) is 4.79 Å². The summed E-state index contributed by atoms with van der Waals surface area (Å²) >= 11 is 1.77. The zero-order valence-corrected chi connectivity index (χ0v) is 18.5. The van der Waals surface area contributed by atoms with Crippen molar-refractivity contribution in [1.82, 2.24) is 9.38 Å². The Labute approximate surface area is 181 Å². The molecule has 30 heavy (non-hydrogen) atoms. The highest BCUT2D eigenvalue weighted by atomic mass is 32.1. The summed E-state index contributed by atoms with van der Waals surface area (Å²) in [4.78, 5) is 18.6. The first kappa shape index (κ1) is 20.5. The van der Waals surface area contributed by atoms with Crippen LogP contribution in [0.4, 0.5) is 0 Å². The van der Waals surface area contributed by atoms with Gasteiger partial charge in [0.25, 0.3) is 5.56 Å². The number of nitrogens with two attached hydrogens (primary N) is 1. The molecule has 4 rings (SSSR count). The van der Waals surface area contributed by atoms with E-state index in [1.54, 1.807) is 21.8 Å². The van der Waals surface area contributed by atoms with Gasteiger partial charge in [0, 0.05) is 17.3 Å². The van der Waals surface area contributed by atoms with E-state index < -0.39 is 0 Å². The zero-order valence-electron chi connectivity index (χ0n) is 17.7. The molecule has 0 amide bonds. The van der Waals surface area contributed by atoms with Crippen LogP contribution in [0.1, 0.15) is 59.6 Å². The highest BCUT2D eigenvalue weighted by molar-refractivity contribution is 7.10. The van der Waals surface area contributed by atoms with E-state index in [1.165, 1.54) is 16.0 Å². The number of fused-ring (bicyclic) bond motifs is 1. The summed E-state index contributed by atoms with van der Waals surface area (Å²) in [6.07, 6.45) is 1.14. The molecule has 0 aliphatic rings. The molecule has 154 valence electrons. The van der Waals surface area contributed by atoms with Crippen LogP contribution in [0.5, 0.6) is 0 Å². The van der Waals surface area contributed by atoms with E-state index in [2.05, 4.69) is 60.9 Å². The minimum atomic E-state index is -0.0212. The first-order valence-electron chi connectivity index (χ1n) is 10.5. The molecule has 0 radical (unpaired) electrons. The molecule has 0 bridgehead atoms. The second kappa shape index (κ2) is 8.94. The van der Waals surface area contributed by atoms with Gasteiger partial charge in [-0.2, -0.15) is 0 Å². The molecule has 4 aromatic rings. The molecule has 1 aromatic carbocycles. The maximum Gasteiger partial charge on any atom is 0.258 e. The summed E-state index contributed by atoms with van der Waals surface area (Å²) < 4.78 is 1.66. The quantitative estimate of drug-likeness (QED) is 0.483. The van der Waals surface area contributed by atoms with E-state index in [1.807, 2.05) is 25.1 Å². The number of hydrogen-bond donors (Lipinski definition) is 1. The standard InChI is InChI=1S/C25H27N3OS/c1-4-17(2)19-10-12-20(13-11-19)25(22-8-6-14-30-22)26-16-21-15-24(29)28-18(3)7-5-9-23(28)27-21/h5-15,17,25-26H,4,16H2,1-3H3/p+1/t17-,25+/m0/s1. The van der Waals surface area contributed by atoms with Crippen molar-refractivity contribution in [2.75, 3.05) is 0 Å². The Morgan fingerprint density at radius 2 is 1.83 bits per heavy atom. The molecule has 4 nitrogen and oxygen atoms in total. The van der Waals surface area contributed by atoms with Crippen LogP contribution in [0.25, 0.3) is 5.65 Å². The van der Waals surface area contributed by atoms with Crippen LogP contribution in [0.2, 0.25) is 0 Å². The van der Waals surface area contributed by atoms with E-state index >= 15 is 0 Å². The number of benzene rings is 1. The lowest BCUT2D eigenvalue weighted by Gasteiger charge is -2.16. The van der Waals surface area contributed by atoms with Crippen LogP contribution in [0, 0.1) is 6.92 Å². The predicted octanol–water partition coefficient (Wildman–Crippen LogP) is 4.43. The maximum absolute atomic E-state index is 12.6. The first-order valence-corrected chi connectivity index (χ1v) is 11.4. The lowest BCUT2D eigenvalue weighted by molar-refractivity contribution is -0.702. The van der Waals surface area contributed by atoms with E-state index in [0.29, 0.717) is 18.1 Å². The van der Waals surface area contributed by atoms with Crippen molar-refractivity contribution in [2.45, 2.75) is 45.7 Å². The highest BCUT2D eigenvalue weighted by Crippen LogP contribution is 2.25. The number of nitrogens with zero attached hydrogens (tertiary/aromatic N) is 2. The number of aromatic nitrogens is 2. The van der Waals surface area contributed by atoms with Crippen molar-refractivity contribution in [3.05, 3.63) is 104 Å². The van der Waals surface area contributed by atoms with Gasteiger partial charge < -0.3 is 5.32 Å². The summed E-state index contributed by atoms with van der Waals surface area (Å²) in [6.45, 7) is 7.07. The van der Waals surface area contributed by atoms with Crippen molar-refractivity contribution < 1.29 is 5.32 Å². The number of pyridine rings is 1. The average molecular weight is 419 g/mol. The topological polar surface area (TPSA) is 51.0 Å². The molecule has 0 aliphatic carbocycles. The van der Waals surface area contributed by atoms with Crippen molar-refractivity contribution >= 4 is 17.0 Å². The Morgan fingerprint density at radius 1 is 1.07 bits per heavy atom. The molecular weight excluding hydrogens is 390 g/mol. The zero-order chi connectivity index (χ0) is 21.1. The van der Waals surface area contributed by atoms with Gasteiger partial charge in [0.1, 0.15) is 23.9 Å². The highest BCUT2D eigenvalue weighted by Gasteiger charge is 2.20. The van der Waals surface area contributed by atoms with Gasteiger partial charge in [-0.25, -0.2) is 4.98 Å². The van der Waals surface area contributed by atoms with Crippen molar-refractivity contribution in [3.8, 4) is 0 Å². The number of hydrogen-bond acceptors (Lipinski definition) is 3. The van der Waals surface area contributed by atoms with Gasteiger partial charge in [-0.15, -0.1) is 11.3 Å². The van der Waals surface area contributed by atoms with Gasteiger partial charge in [0.15, 0.2) is 0 Å². The molecule has 0 aliphatic heterocycles. The largest absolute Gasteiger partial charge is 0.331 e. The molecule has 3 heterocycles. The second-order valence-electron chi connectivity index (χ2n) is 7.86. The number of aryl methyl sites for hydroxylation is 1. The van der Waals surface area contributed by atoms with Crippen LogP contribution in [0.15, 0.2) is 70.8 Å². The van der Waals surface area contributed by atoms with Crippen LogP contribution in [-0.4, -0.2) is 9.38 Å². The molecule has 3 aromatic heterocycles. The minimum Gasteiger partial charge on any atom is -0.331 e. The molecule has 5 heteroatoms. The smallest absolute Gasteiger partial charge is 0.258 e. The van der Waals surface area contributed by atoms with E-state index in [4.69, 9.17) is 4.98 Å². The summed E-state index contributed by atoms with van der Waals surface area (Å²) in [5.41, 5.74) is 5.05. The molecule has 0 fully saturated rings. The lowest BCUT2D eigenvalue weighted by atomic mass is 9.95. The number of rotatable bonds is 7. The summed E-state index contributed by atoms with van der Waals surface area (Å²) in [6, 6.07) is 20.9. The summed E-state index contributed by atoms with van der Waals surface area (Å²) in [5, 5.41) is 4.39. The molecule has 2 N–H and O–H groups in total. The molecular formula is C25H28N3OS+. The normalized spacial score (nSPS) is 13.4. The summed E-state index contributed by atoms with van der Waals surface area (Å²) in [5.74, 6) is 0.571. The molecule has 0 saturated heterocycles. The van der Waals surface area contributed by atoms with Crippen LogP contribution >= 0.6 is 11.3 Å². The fourth-order valence-electron chi connectivity index (χ4n) is 3.86. The van der Waals surface area contributed by atoms with Gasteiger partial charge in [-0.05, 0) is 48.4 Å². The predicted molar refractivity (Wildman–Crippen MR) is 123 cm³/mol. The van der Waals surface area contributed by atoms with Gasteiger partial charge in [0.05, 0.1) is 4.88 Å². The Morgan fingerprint density at radius 3 is 2.53 bits per heavy atom. The fourth-order valence-corrected chi connectivity index (χ4v) is 4.71. The van der Waals surface area contributed by atoms with E-state index in [0.717, 1.165) is 17.8 Å². The molecule has 0 spiro atoms. The minimum absolute atomic E-state index is 0.0212. The third-order valence-corrected chi connectivity index (χ3v) is 6.78. The third-order valence-electron chi connectivity index (χ3n) is 5.82. The number of thiophene rings is 1. The lowest BCUT2D eigenvalue weighted by Crippen LogP contribution is -2.84. The monoisotopic (exact) mass is 418 g/mol. The summed E-state index contributed by atoms with van der Waals surface area (Å²) in [7, 11) is 0. The van der Waals surface area contributed by atoms with Gasteiger partial charge in [-0.3, -0.25) is 9.20 Å².